The van der Waals surface area contributed by atoms with Crippen molar-refractivity contribution in [2.75, 3.05) is 13.2 Å². The van der Waals surface area contributed by atoms with Crippen LogP contribution in [0.1, 0.15) is 227 Å². The summed E-state index contributed by atoms with van der Waals surface area (Å²) in [6.07, 6.45) is 33.9. The molecule has 0 spiro atoms. The molecule has 0 unspecified atom stereocenters. The molecule has 6 heteroatoms. The van der Waals surface area contributed by atoms with Crippen LogP contribution < -0.4 is 0 Å². The summed E-state index contributed by atoms with van der Waals surface area (Å²) >= 11 is 0. The number of hydrogen-bond acceptors (Lipinski definition) is 6. The van der Waals surface area contributed by atoms with Crippen LogP contribution >= 0.6 is 0 Å². The quantitative estimate of drug-likeness (QED) is 0.0369. The fourth-order valence-corrected chi connectivity index (χ4v) is 6.10. The minimum atomic E-state index is -0.756. The topological polar surface area (TPSA) is 78.9 Å². The smallest absolute Gasteiger partial charge is 0.306 e. The molecule has 0 aliphatic heterocycles. The third-order valence-corrected chi connectivity index (χ3v) is 9.29. The Morgan fingerprint density at radius 1 is 0.396 bits per heavy atom. The molecule has 0 saturated heterocycles. The number of esters is 3. The van der Waals surface area contributed by atoms with Crippen LogP contribution in [0.25, 0.3) is 0 Å². The number of rotatable bonds is 37. The van der Waals surface area contributed by atoms with Gasteiger partial charge in [-0.05, 0) is 25.2 Å². The van der Waals surface area contributed by atoms with Gasteiger partial charge >= 0.3 is 17.9 Å². The Balaban J connectivity index is 4.17. The highest BCUT2D eigenvalue weighted by Gasteiger charge is 2.19. The van der Waals surface area contributed by atoms with Crippen molar-refractivity contribution in [3.63, 3.8) is 0 Å². The lowest BCUT2D eigenvalue weighted by molar-refractivity contribution is -0.167. The Bertz CT molecular complexity index is 721. The molecule has 0 aromatic rings. The van der Waals surface area contributed by atoms with E-state index < -0.39 is 6.10 Å². The van der Waals surface area contributed by atoms with E-state index in [1.807, 2.05) is 0 Å². The van der Waals surface area contributed by atoms with Crippen molar-refractivity contribution in [3.8, 4) is 0 Å². The molecule has 0 saturated carbocycles. The molecule has 0 aliphatic carbocycles. The van der Waals surface area contributed by atoms with Gasteiger partial charge in [-0.25, -0.2) is 0 Å². The molecular weight excluding hydrogens is 600 g/mol. The summed E-state index contributed by atoms with van der Waals surface area (Å²) in [4.78, 5) is 37.3. The Morgan fingerprint density at radius 2 is 0.688 bits per heavy atom. The molecule has 48 heavy (non-hydrogen) atoms. The van der Waals surface area contributed by atoms with Crippen molar-refractivity contribution >= 4 is 17.9 Å². The maximum Gasteiger partial charge on any atom is 0.306 e. The van der Waals surface area contributed by atoms with Gasteiger partial charge in [0.05, 0.1) is 0 Å². The first-order chi connectivity index (χ1) is 23.4. The second kappa shape index (κ2) is 36.7. The summed E-state index contributed by atoms with van der Waals surface area (Å²) in [5.74, 6) is -0.0330. The van der Waals surface area contributed by atoms with Crippen LogP contribution in [0.4, 0.5) is 0 Å². The SMILES string of the molecule is CCCCCCCCCC(=O)OC[C@@H](COC(=O)CCCCCCCCCCCCCCCC(C)C)OC(=O)CCCCCCCCC. The molecule has 0 bridgehead atoms. The largest absolute Gasteiger partial charge is 0.462 e. The number of carbonyl (C=O) groups is 3. The van der Waals surface area contributed by atoms with Gasteiger partial charge in [0.25, 0.3) is 0 Å². The Morgan fingerprint density at radius 3 is 1.02 bits per heavy atom. The fraction of sp³-hybridized carbons (Fsp3) is 0.929. The highest BCUT2D eigenvalue weighted by atomic mass is 16.6. The van der Waals surface area contributed by atoms with Gasteiger partial charge < -0.3 is 14.2 Å². The lowest BCUT2D eigenvalue weighted by Gasteiger charge is -2.18. The van der Waals surface area contributed by atoms with E-state index in [-0.39, 0.29) is 31.1 Å². The second-order valence-corrected chi connectivity index (χ2v) is 14.7. The van der Waals surface area contributed by atoms with E-state index >= 15 is 0 Å². The molecule has 0 N–H and O–H groups in total. The molecule has 0 amide bonds. The average molecular weight is 681 g/mol. The lowest BCUT2D eigenvalue weighted by atomic mass is 10.0. The second-order valence-electron chi connectivity index (χ2n) is 14.7. The molecule has 1 atom stereocenters. The molecule has 0 radical (unpaired) electrons. The van der Waals surface area contributed by atoms with Crippen molar-refractivity contribution < 1.29 is 28.6 Å². The normalized spacial score (nSPS) is 11.9. The summed E-state index contributed by atoms with van der Waals surface area (Å²) in [5, 5.41) is 0. The zero-order valence-corrected chi connectivity index (χ0v) is 32.4. The zero-order valence-electron chi connectivity index (χ0n) is 32.4. The number of hydrogen-bond donors (Lipinski definition) is 0. The first-order valence-electron chi connectivity index (χ1n) is 20.9. The Hall–Kier alpha value is -1.59. The molecule has 0 aromatic carbocycles. The zero-order chi connectivity index (χ0) is 35.3. The van der Waals surface area contributed by atoms with Gasteiger partial charge in [-0.2, -0.15) is 0 Å². The third-order valence-electron chi connectivity index (χ3n) is 9.29. The first-order valence-corrected chi connectivity index (χ1v) is 20.9. The van der Waals surface area contributed by atoms with E-state index in [1.54, 1.807) is 0 Å². The summed E-state index contributed by atoms with van der Waals surface area (Å²) in [6, 6.07) is 0. The monoisotopic (exact) mass is 681 g/mol. The Labute approximate surface area is 298 Å². The molecule has 0 aliphatic rings. The maximum atomic E-state index is 12.5. The highest BCUT2D eigenvalue weighted by molar-refractivity contribution is 5.71. The van der Waals surface area contributed by atoms with Crippen LogP contribution in [0.5, 0.6) is 0 Å². The third kappa shape index (κ3) is 35.7. The number of unbranched alkanes of at least 4 members (excludes halogenated alkanes) is 24. The van der Waals surface area contributed by atoms with Crippen molar-refractivity contribution in [1.82, 2.24) is 0 Å². The van der Waals surface area contributed by atoms with E-state index in [0.717, 1.165) is 63.7 Å². The lowest BCUT2D eigenvalue weighted by Crippen LogP contribution is -2.30. The molecule has 0 fully saturated rings. The predicted molar refractivity (Wildman–Crippen MR) is 201 cm³/mol. The van der Waals surface area contributed by atoms with E-state index in [4.69, 9.17) is 14.2 Å². The van der Waals surface area contributed by atoms with Crippen molar-refractivity contribution in [2.24, 2.45) is 5.92 Å². The first kappa shape index (κ1) is 46.4. The number of carbonyl (C=O) groups excluding carboxylic acids is 3. The van der Waals surface area contributed by atoms with Gasteiger partial charge in [-0.3, -0.25) is 14.4 Å². The Kier molecular flexibility index (Phi) is 35.5. The van der Waals surface area contributed by atoms with Crippen molar-refractivity contribution in [2.45, 2.75) is 233 Å². The van der Waals surface area contributed by atoms with Crippen molar-refractivity contribution in [3.05, 3.63) is 0 Å². The molecule has 284 valence electrons. The van der Waals surface area contributed by atoms with Crippen LogP contribution in [0.15, 0.2) is 0 Å². The van der Waals surface area contributed by atoms with Gasteiger partial charge in [0.1, 0.15) is 13.2 Å². The molecule has 6 nitrogen and oxygen atoms in total. The van der Waals surface area contributed by atoms with Gasteiger partial charge in [0.15, 0.2) is 6.10 Å². The van der Waals surface area contributed by atoms with E-state index in [9.17, 15) is 14.4 Å². The maximum absolute atomic E-state index is 12.5. The van der Waals surface area contributed by atoms with Crippen LogP contribution in [-0.4, -0.2) is 37.2 Å². The van der Waals surface area contributed by atoms with Crippen LogP contribution in [0.3, 0.4) is 0 Å². The summed E-state index contributed by atoms with van der Waals surface area (Å²) in [7, 11) is 0. The minimum Gasteiger partial charge on any atom is -0.462 e. The predicted octanol–water partition coefficient (Wildman–Crippen LogP) is 12.8. The van der Waals surface area contributed by atoms with Gasteiger partial charge in [-0.15, -0.1) is 0 Å². The van der Waals surface area contributed by atoms with Crippen molar-refractivity contribution in [1.29, 1.82) is 0 Å². The van der Waals surface area contributed by atoms with Gasteiger partial charge in [0.2, 0.25) is 0 Å². The summed E-state index contributed by atoms with van der Waals surface area (Å²) in [5.41, 5.74) is 0. The highest BCUT2D eigenvalue weighted by Crippen LogP contribution is 2.16. The van der Waals surface area contributed by atoms with E-state index in [1.165, 1.54) is 122 Å². The summed E-state index contributed by atoms with van der Waals surface area (Å²) in [6.45, 7) is 8.91. The van der Waals surface area contributed by atoms with Crippen LogP contribution in [0, 0.1) is 5.92 Å². The molecule has 0 aromatic heterocycles. The molecule has 0 rings (SSSR count). The number of ether oxygens (including phenoxy) is 3. The van der Waals surface area contributed by atoms with Crippen LogP contribution in [-0.2, 0) is 28.6 Å². The standard InChI is InChI=1S/C42H80O6/c1-5-7-9-11-20-25-29-33-40(43)46-36-39(48-42(45)35-31-27-21-12-10-8-6-2)37-47-41(44)34-30-26-23-19-17-15-13-14-16-18-22-24-28-32-38(3)4/h38-39H,5-37H2,1-4H3/t39-/m0/s1. The molecule has 0 heterocycles. The molecular formula is C42H80O6. The van der Waals surface area contributed by atoms with Gasteiger partial charge in [0, 0.05) is 19.3 Å². The van der Waals surface area contributed by atoms with Gasteiger partial charge in [-0.1, -0.05) is 188 Å². The van der Waals surface area contributed by atoms with E-state index in [2.05, 4.69) is 27.7 Å². The summed E-state index contributed by atoms with van der Waals surface area (Å²) < 4.78 is 16.5. The fourth-order valence-electron chi connectivity index (χ4n) is 6.10. The average Bonchev–Trinajstić information content (AvgIpc) is 3.06. The van der Waals surface area contributed by atoms with Crippen LogP contribution in [0.2, 0.25) is 0 Å². The minimum absolute atomic E-state index is 0.0652. The van der Waals surface area contributed by atoms with E-state index in [0.29, 0.717) is 19.3 Å².